The molecule has 3 aromatic carbocycles. The van der Waals surface area contributed by atoms with Gasteiger partial charge < -0.3 is 14.5 Å². The summed E-state index contributed by atoms with van der Waals surface area (Å²) in [6, 6.07) is 17.9. The predicted octanol–water partition coefficient (Wildman–Crippen LogP) is 2.82. The van der Waals surface area contributed by atoms with Crippen LogP contribution >= 0.6 is 0 Å². The number of ether oxygens (including phenoxy) is 1. The van der Waals surface area contributed by atoms with Gasteiger partial charge in [-0.05, 0) is 61.4 Å². The number of anilines is 1. The predicted molar refractivity (Wildman–Crippen MR) is 143 cm³/mol. The molecule has 0 saturated carbocycles. The van der Waals surface area contributed by atoms with Crippen LogP contribution in [0.2, 0.25) is 0 Å². The normalized spacial score (nSPS) is 16.0. The fourth-order valence-electron chi connectivity index (χ4n) is 4.67. The molecular weight excluding hydrogens is 480 g/mol. The summed E-state index contributed by atoms with van der Waals surface area (Å²) in [6.45, 7) is 6.92. The molecular formula is C30H28N4O4. The maximum Gasteiger partial charge on any atom is 0.296 e. The summed E-state index contributed by atoms with van der Waals surface area (Å²) in [5.74, 6) is -0.562. The van der Waals surface area contributed by atoms with E-state index in [1.165, 1.54) is 30.0 Å². The summed E-state index contributed by atoms with van der Waals surface area (Å²) in [4.78, 5) is 51.1. The summed E-state index contributed by atoms with van der Waals surface area (Å²) >= 11 is 0. The maximum atomic E-state index is 13.2. The van der Waals surface area contributed by atoms with Crippen molar-refractivity contribution in [3.8, 4) is 5.75 Å². The average Bonchev–Trinajstić information content (AvgIpc) is 2.94. The molecule has 2 aliphatic rings. The molecule has 192 valence electrons. The number of ketones is 1. The molecule has 8 nitrogen and oxygen atoms in total. The third-order valence-electron chi connectivity index (χ3n) is 7.01. The number of hydrogen-bond acceptors (Lipinski definition) is 6. The molecule has 0 radical (unpaired) electrons. The van der Waals surface area contributed by atoms with Crippen LogP contribution in [-0.4, -0.2) is 55.8 Å². The van der Waals surface area contributed by atoms with Crippen molar-refractivity contribution in [2.45, 2.75) is 13.8 Å². The molecule has 2 amide bonds. The van der Waals surface area contributed by atoms with Crippen LogP contribution in [0.4, 0.5) is 5.69 Å². The van der Waals surface area contributed by atoms with E-state index in [9.17, 15) is 14.4 Å². The second kappa shape index (κ2) is 10.4. The number of rotatable bonds is 5. The summed E-state index contributed by atoms with van der Waals surface area (Å²) in [6.07, 6.45) is 1.18. The Bertz CT molecular complexity index is 1600. The fraction of sp³-hybridized carbons (Fsp3) is 0.233. The zero-order valence-corrected chi connectivity index (χ0v) is 21.6. The van der Waals surface area contributed by atoms with Crippen LogP contribution in [0.3, 0.4) is 0 Å². The molecule has 5 rings (SSSR count). The van der Waals surface area contributed by atoms with Gasteiger partial charge in [-0.3, -0.25) is 14.4 Å². The van der Waals surface area contributed by atoms with Gasteiger partial charge in [-0.2, -0.15) is 0 Å². The Morgan fingerprint density at radius 2 is 1.63 bits per heavy atom. The van der Waals surface area contributed by atoms with E-state index in [2.05, 4.69) is 46.9 Å². The van der Waals surface area contributed by atoms with Gasteiger partial charge in [-0.25, -0.2) is 9.98 Å². The van der Waals surface area contributed by atoms with Crippen molar-refractivity contribution in [3.05, 3.63) is 105 Å². The quantitative estimate of drug-likeness (QED) is 0.391. The lowest BCUT2D eigenvalue weighted by Crippen LogP contribution is -2.49. The van der Waals surface area contributed by atoms with Crippen LogP contribution in [0.25, 0.3) is 0 Å². The number of carbonyl (C=O) groups is 3. The van der Waals surface area contributed by atoms with Crippen LogP contribution in [0.15, 0.2) is 82.4 Å². The van der Waals surface area contributed by atoms with E-state index in [4.69, 9.17) is 4.74 Å². The molecule has 1 saturated heterocycles. The van der Waals surface area contributed by atoms with Crippen molar-refractivity contribution >= 4 is 23.3 Å². The monoisotopic (exact) mass is 508 g/mol. The first-order chi connectivity index (χ1) is 18.3. The van der Waals surface area contributed by atoms with Gasteiger partial charge in [0, 0.05) is 49.1 Å². The number of piperazine rings is 1. The van der Waals surface area contributed by atoms with Crippen LogP contribution < -0.4 is 20.4 Å². The van der Waals surface area contributed by atoms with Crippen LogP contribution in [-0.2, 0) is 4.79 Å². The molecule has 0 spiro atoms. The Morgan fingerprint density at radius 1 is 0.868 bits per heavy atom. The van der Waals surface area contributed by atoms with Gasteiger partial charge in [0.15, 0.2) is 5.78 Å². The number of carbonyl (C=O) groups excluding carboxylic acids is 3. The van der Waals surface area contributed by atoms with Crippen LogP contribution in [0.1, 0.15) is 31.8 Å². The average molecular weight is 509 g/mol. The Labute approximate surface area is 220 Å². The lowest BCUT2D eigenvalue weighted by molar-refractivity contribution is -0.114. The molecule has 1 fully saturated rings. The third kappa shape index (κ3) is 4.98. The molecule has 2 aliphatic heterocycles. The van der Waals surface area contributed by atoms with E-state index in [0.29, 0.717) is 40.7 Å². The van der Waals surface area contributed by atoms with Gasteiger partial charge in [0.25, 0.3) is 11.8 Å². The highest BCUT2D eigenvalue weighted by Crippen LogP contribution is 2.24. The highest BCUT2D eigenvalue weighted by atomic mass is 16.5. The number of amides is 2. The highest BCUT2D eigenvalue weighted by Gasteiger charge is 2.24. The molecule has 0 unspecified atom stereocenters. The molecule has 0 aliphatic carbocycles. The van der Waals surface area contributed by atoms with Gasteiger partial charge in [0.1, 0.15) is 11.4 Å². The van der Waals surface area contributed by atoms with Gasteiger partial charge in [-0.15, -0.1) is 0 Å². The van der Waals surface area contributed by atoms with Crippen molar-refractivity contribution < 1.29 is 19.1 Å². The zero-order valence-electron chi connectivity index (χ0n) is 21.6. The van der Waals surface area contributed by atoms with Crippen LogP contribution in [0, 0.1) is 13.8 Å². The van der Waals surface area contributed by atoms with E-state index < -0.39 is 5.91 Å². The standard InChI is InChI=1S/C30H28N4O4/c1-19-6-4-9-27(20(19)2)33-12-14-34(15-13-33)30(37)22-10-11-24-25(17-22)32-29(36)26(31-24)18-28(35)21-7-5-8-23(16-21)38-3/h4-11,16-18H,12-15H2,1-3H3/b26-18-. The molecule has 0 bridgehead atoms. The van der Waals surface area contributed by atoms with Gasteiger partial charge in [-0.1, -0.05) is 24.3 Å². The topological polar surface area (TPSA) is 91.6 Å². The Balaban J connectivity index is 1.32. The lowest BCUT2D eigenvalue weighted by Gasteiger charge is -2.37. The van der Waals surface area contributed by atoms with Crippen molar-refractivity contribution in [1.29, 1.82) is 0 Å². The number of fused-ring (bicyclic) bond motifs is 1. The minimum atomic E-state index is -0.625. The van der Waals surface area contributed by atoms with Gasteiger partial charge in [0.05, 0.1) is 17.8 Å². The number of benzene rings is 3. The molecule has 0 aromatic heterocycles. The number of allylic oxidation sites excluding steroid dienone is 1. The highest BCUT2D eigenvalue weighted by molar-refractivity contribution is 6.10. The number of methoxy groups -OCH3 is 1. The summed E-state index contributed by atoms with van der Waals surface area (Å²) in [5, 5.41) is 0.756. The molecule has 0 N–H and O–H groups in total. The summed E-state index contributed by atoms with van der Waals surface area (Å²) in [5.41, 5.74) is 4.50. The largest absolute Gasteiger partial charge is 0.497 e. The maximum absolute atomic E-state index is 13.2. The smallest absolute Gasteiger partial charge is 0.296 e. The Hall–Kier alpha value is -4.59. The minimum Gasteiger partial charge on any atom is -0.497 e. The SMILES string of the molecule is COc1cccc(C(=O)/C=C2\N=c3ccc(C(=O)N4CCN(c5cccc(C)c5C)CC4)cc3=NC2=O)c1. The minimum absolute atomic E-state index is 0.0491. The van der Waals surface area contributed by atoms with E-state index in [1.54, 1.807) is 42.5 Å². The molecule has 8 heteroatoms. The first-order valence-corrected chi connectivity index (χ1v) is 12.5. The number of nitrogens with zero attached hydrogens (tertiary/aromatic N) is 4. The van der Waals surface area contributed by atoms with Gasteiger partial charge >= 0.3 is 0 Å². The van der Waals surface area contributed by atoms with E-state index in [-0.39, 0.29) is 17.4 Å². The van der Waals surface area contributed by atoms with Gasteiger partial charge in [0.2, 0.25) is 0 Å². The molecule has 2 heterocycles. The molecule has 38 heavy (non-hydrogen) atoms. The van der Waals surface area contributed by atoms with Crippen molar-refractivity contribution in [3.63, 3.8) is 0 Å². The molecule has 0 atom stereocenters. The number of aryl methyl sites for hydroxylation is 1. The molecule has 3 aromatic rings. The zero-order chi connectivity index (χ0) is 26.8. The second-order valence-electron chi connectivity index (χ2n) is 9.36. The lowest BCUT2D eigenvalue weighted by atomic mass is 10.1. The van der Waals surface area contributed by atoms with E-state index >= 15 is 0 Å². The summed E-state index contributed by atoms with van der Waals surface area (Å²) in [7, 11) is 1.52. The number of hydrogen-bond donors (Lipinski definition) is 0. The van der Waals surface area contributed by atoms with Crippen LogP contribution in [0.5, 0.6) is 5.75 Å². The van der Waals surface area contributed by atoms with Crippen molar-refractivity contribution in [1.82, 2.24) is 4.90 Å². The van der Waals surface area contributed by atoms with E-state index in [1.807, 2.05) is 4.90 Å². The third-order valence-corrected chi connectivity index (χ3v) is 7.01. The van der Waals surface area contributed by atoms with Crippen molar-refractivity contribution in [2.75, 3.05) is 38.2 Å². The second-order valence-corrected chi connectivity index (χ2v) is 9.36. The van der Waals surface area contributed by atoms with Crippen molar-refractivity contribution in [2.24, 2.45) is 9.98 Å². The Morgan fingerprint density at radius 3 is 2.39 bits per heavy atom. The first kappa shape index (κ1) is 25.1. The fourth-order valence-corrected chi connectivity index (χ4v) is 4.67. The Kier molecular flexibility index (Phi) is 6.87. The van der Waals surface area contributed by atoms with E-state index in [0.717, 1.165) is 13.1 Å². The summed E-state index contributed by atoms with van der Waals surface area (Å²) < 4.78 is 5.16. The first-order valence-electron chi connectivity index (χ1n) is 12.5.